The molecule has 0 radical (unpaired) electrons. The Labute approximate surface area is 123 Å². The standard InChI is InChI=1S/C17H28N2O/c1-16(2,3)15-10-17(11-15,13-19-8-9-20-4)14-6-5-7-18-12-14/h5-7,12,15,19H,8-11,13H2,1-4H3. The quantitative estimate of drug-likeness (QED) is 0.811. The Morgan fingerprint density at radius 3 is 2.70 bits per heavy atom. The normalized spacial score (nSPS) is 26.3. The minimum atomic E-state index is 0.264. The van der Waals surface area contributed by atoms with Crippen molar-refractivity contribution in [2.75, 3.05) is 26.8 Å². The van der Waals surface area contributed by atoms with Gasteiger partial charge in [-0.2, -0.15) is 0 Å². The van der Waals surface area contributed by atoms with Crippen LogP contribution in [0.4, 0.5) is 0 Å². The van der Waals surface area contributed by atoms with Crippen LogP contribution < -0.4 is 5.32 Å². The average molecular weight is 276 g/mol. The van der Waals surface area contributed by atoms with Gasteiger partial charge in [0, 0.05) is 38.0 Å². The van der Waals surface area contributed by atoms with Gasteiger partial charge in [0.15, 0.2) is 0 Å². The van der Waals surface area contributed by atoms with Gasteiger partial charge in [0.25, 0.3) is 0 Å². The fraction of sp³-hybridized carbons (Fsp3) is 0.706. The van der Waals surface area contributed by atoms with Crippen molar-refractivity contribution >= 4 is 0 Å². The summed E-state index contributed by atoms with van der Waals surface area (Å²) in [5.74, 6) is 0.798. The maximum atomic E-state index is 5.11. The third-order valence-electron chi connectivity index (χ3n) is 4.72. The summed E-state index contributed by atoms with van der Waals surface area (Å²) >= 11 is 0. The van der Waals surface area contributed by atoms with E-state index in [9.17, 15) is 0 Å². The summed E-state index contributed by atoms with van der Waals surface area (Å²) < 4.78 is 5.11. The van der Waals surface area contributed by atoms with E-state index in [4.69, 9.17) is 4.74 Å². The van der Waals surface area contributed by atoms with Crippen LogP contribution in [0.3, 0.4) is 0 Å². The van der Waals surface area contributed by atoms with Gasteiger partial charge in [-0.25, -0.2) is 0 Å². The second-order valence-corrected chi connectivity index (χ2v) is 7.16. The van der Waals surface area contributed by atoms with Crippen molar-refractivity contribution in [2.24, 2.45) is 11.3 Å². The molecule has 3 nitrogen and oxygen atoms in total. The van der Waals surface area contributed by atoms with Gasteiger partial charge in [-0.3, -0.25) is 4.98 Å². The molecule has 112 valence electrons. The zero-order valence-corrected chi connectivity index (χ0v) is 13.3. The third kappa shape index (κ3) is 3.39. The molecule has 1 aromatic rings. The summed E-state index contributed by atoms with van der Waals surface area (Å²) in [6.07, 6.45) is 6.40. The lowest BCUT2D eigenvalue weighted by Crippen LogP contribution is -2.52. The van der Waals surface area contributed by atoms with Crippen LogP contribution in [0, 0.1) is 11.3 Å². The number of hydrogen-bond acceptors (Lipinski definition) is 3. The van der Waals surface area contributed by atoms with Crippen LogP contribution in [0.15, 0.2) is 24.5 Å². The van der Waals surface area contributed by atoms with Crippen molar-refractivity contribution in [3.8, 4) is 0 Å². The van der Waals surface area contributed by atoms with Gasteiger partial charge >= 0.3 is 0 Å². The fourth-order valence-electron chi connectivity index (χ4n) is 3.16. The van der Waals surface area contributed by atoms with Crippen molar-refractivity contribution in [2.45, 2.75) is 39.0 Å². The third-order valence-corrected chi connectivity index (χ3v) is 4.72. The second kappa shape index (κ2) is 6.23. The highest BCUT2D eigenvalue weighted by Crippen LogP contribution is 2.53. The Morgan fingerprint density at radius 2 is 2.15 bits per heavy atom. The molecule has 1 saturated carbocycles. The van der Waals surface area contributed by atoms with E-state index in [1.54, 1.807) is 7.11 Å². The van der Waals surface area contributed by atoms with Gasteiger partial charge in [-0.1, -0.05) is 26.8 Å². The number of nitrogens with zero attached hydrogens (tertiary/aromatic N) is 1. The van der Waals surface area contributed by atoms with Crippen LogP contribution in [0.5, 0.6) is 0 Å². The highest BCUT2D eigenvalue weighted by atomic mass is 16.5. The highest BCUT2D eigenvalue weighted by Gasteiger charge is 2.49. The van der Waals surface area contributed by atoms with Crippen LogP contribution in [0.2, 0.25) is 0 Å². The monoisotopic (exact) mass is 276 g/mol. The molecular weight excluding hydrogens is 248 g/mol. The average Bonchev–Trinajstić information content (AvgIpc) is 2.36. The summed E-state index contributed by atoms with van der Waals surface area (Å²) in [7, 11) is 1.75. The van der Waals surface area contributed by atoms with Crippen molar-refractivity contribution in [1.82, 2.24) is 10.3 Å². The number of methoxy groups -OCH3 is 1. The Bertz CT molecular complexity index is 405. The number of hydrogen-bond donors (Lipinski definition) is 1. The zero-order valence-electron chi connectivity index (χ0n) is 13.3. The van der Waals surface area contributed by atoms with E-state index in [0.717, 1.165) is 25.6 Å². The molecule has 1 aliphatic carbocycles. The molecule has 20 heavy (non-hydrogen) atoms. The van der Waals surface area contributed by atoms with Gasteiger partial charge in [0.2, 0.25) is 0 Å². The van der Waals surface area contributed by atoms with E-state index in [1.807, 2.05) is 12.4 Å². The molecule has 0 amide bonds. The van der Waals surface area contributed by atoms with E-state index >= 15 is 0 Å². The molecule has 0 atom stereocenters. The van der Waals surface area contributed by atoms with Crippen molar-refractivity contribution < 1.29 is 4.74 Å². The molecule has 0 saturated heterocycles. The second-order valence-electron chi connectivity index (χ2n) is 7.16. The van der Waals surface area contributed by atoms with Gasteiger partial charge in [0.05, 0.1) is 6.61 Å². The van der Waals surface area contributed by atoms with Gasteiger partial charge in [0.1, 0.15) is 0 Å². The number of rotatable bonds is 6. The van der Waals surface area contributed by atoms with Gasteiger partial charge < -0.3 is 10.1 Å². The highest BCUT2D eigenvalue weighted by molar-refractivity contribution is 5.27. The van der Waals surface area contributed by atoms with Crippen molar-refractivity contribution in [1.29, 1.82) is 0 Å². The van der Waals surface area contributed by atoms with E-state index < -0.39 is 0 Å². The number of aromatic nitrogens is 1. The van der Waals surface area contributed by atoms with Crippen LogP contribution in [-0.2, 0) is 10.2 Å². The maximum Gasteiger partial charge on any atom is 0.0587 e. The fourth-order valence-corrected chi connectivity index (χ4v) is 3.16. The summed E-state index contributed by atoms with van der Waals surface area (Å²) in [6.45, 7) is 9.76. The first-order chi connectivity index (χ1) is 9.48. The summed E-state index contributed by atoms with van der Waals surface area (Å²) in [5, 5.41) is 3.55. The molecular formula is C17H28N2O. The largest absolute Gasteiger partial charge is 0.383 e. The van der Waals surface area contributed by atoms with E-state index in [1.165, 1.54) is 18.4 Å². The van der Waals surface area contributed by atoms with Crippen molar-refractivity contribution in [3.63, 3.8) is 0 Å². The molecule has 1 aromatic heterocycles. The predicted molar refractivity (Wildman–Crippen MR) is 82.8 cm³/mol. The number of pyridine rings is 1. The first kappa shape index (κ1) is 15.5. The van der Waals surface area contributed by atoms with E-state index in [-0.39, 0.29) is 5.41 Å². The molecule has 1 fully saturated rings. The lowest BCUT2D eigenvalue weighted by Gasteiger charge is -2.53. The Kier molecular flexibility index (Phi) is 4.82. The number of nitrogens with one attached hydrogen (secondary N) is 1. The smallest absolute Gasteiger partial charge is 0.0587 e. The first-order valence-corrected chi connectivity index (χ1v) is 7.58. The summed E-state index contributed by atoms with van der Waals surface area (Å²) in [6, 6.07) is 4.28. The number of ether oxygens (including phenoxy) is 1. The topological polar surface area (TPSA) is 34.1 Å². The predicted octanol–water partition coefficient (Wildman–Crippen LogP) is 3.01. The first-order valence-electron chi connectivity index (χ1n) is 7.58. The Balaban J connectivity index is 2.03. The van der Waals surface area contributed by atoms with Crippen LogP contribution >= 0.6 is 0 Å². The molecule has 1 N–H and O–H groups in total. The summed E-state index contributed by atoms with van der Waals surface area (Å²) in [5.41, 5.74) is 2.04. The molecule has 2 rings (SSSR count). The minimum Gasteiger partial charge on any atom is -0.383 e. The van der Waals surface area contributed by atoms with Crippen LogP contribution in [0.1, 0.15) is 39.2 Å². The van der Waals surface area contributed by atoms with Gasteiger partial charge in [-0.05, 0) is 35.8 Å². The molecule has 3 heteroatoms. The zero-order chi connectivity index (χ0) is 14.6. The van der Waals surface area contributed by atoms with Crippen LogP contribution in [-0.4, -0.2) is 31.8 Å². The van der Waals surface area contributed by atoms with Crippen molar-refractivity contribution in [3.05, 3.63) is 30.1 Å². The van der Waals surface area contributed by atoms with Crippen LogP contribution in [0.25, 0.3) is 0 Å². The maximum absolute atomic E-state index is 5.11. The van der Waals surface area contributed by atoms with E-state index in [2.05, 4.69) is 43.2 Å². The van der Waals surface area contributed by atoms with E-state index in [0.29, 0.717) is 5.41 Å². The molecule has 0 aliphatic heterocycles. The molecule has 1 heterocycles. The molecule has 0 bridgehead atoms. The Hall–Kier alpha value is -0.930. The molecule has 0 spiro atoms. The lowest BCUT2D eigenvalue weighted by atomic mass is 9.52. The SMILES string of the molecule is COCCNCC1(c2cccnc2)CC(C(C)(C)C)C1. The molecule has 0 unspecified atom stereocenters. The lowest BCUT2D eigenvalue weighted by molar-refractivity contribution is 0.0436. The Morgan fingerprint density at radius 1 is 1.40 bits per heavy atom. The molecule has 1 aliphatic rings. The minimum absolute atomic E-state index is 0.264. The molecule has 0 aromatic carbocycles. The van der Waals surface area contributed by atoms with Gasteiger partial charge in [-0.15, -0.1) is 0 Å². The summed E-state index contributed by atoms with van der Waals surface area (Å²) in [4.78, 5) is 4.31.